The third-order valence-corrected chi connectivity index (χ3v) is 3.69. The Labute approximate surface area is 118 Å². The second-order valence-electron chi connectivity index (χ2n) is 5.28. The molecule has 2 aromatic heterocycles. The minimum Gasteiger partial charge on any atom is -0.459 e. The maximum absolute atomic E-state index is 6.24. The average Bonchev–Trinajstić information content (AvgIpc) is 3.01. The second-order valence-corrected chi connectivity index (χ2v) is 5.28. The summed E-state index contributed by atoms with van der Waals surface area (Å²) in [7, 11) is 1.95. The first-order chi connectivity index (χ1) is 9.63. The summed E-state index contributed by atoms with van der Waals surface area (Å²) >= 11 is 0. The molecular formula is C16H19N3O. The van der Waals surface area contributed by atoms with Crippen LogP contribution >= 0.6 is 0 Å². The Morgan fingerprint density at radius 3 is 2.90 bits per heavy atom. The van der Waals surface area contributed by atoms with E-state index in [1.54, 1.807) is 0 Å². The smallest absolute Gasteiger partial charge is 0.134 e. The van der Waals surface area contributed by atoms with Crippen LogP contribution in [0.5, 0.6) is 0 Å². The fourth-order valence-electron chi connectivity index (χ4n) is 2.46. The number of aryl methyl sites for hydroxylation is 3. The molecule has 3 aromatic rings. The lowest BCUT2D eigenvalue weighted by molar-refractivity contribution is 0.474. The van der Waals surface area contributed by atoms with Crippen LogP contribution in [0.4, 0.5) is 0 Å². The second kappa shape index (κ2) is 5.13. The number of hydrogen-bond donors (Lipinski definition) is 1. The van der Waals surface area contributed by atoms with E-state index in [4.69, 9.17) is 10.2 Å². The van der Waals surface area contributed by atoms with Crippen molar-refractivity contribution in [1.82, 2.24) is 9.78 Å². The molecule has 104 valence electrons. The highest BCUT2D eigenvalue weighted by Crippen LogP contribution is 2.26. The summed E-state index contributed by atoms with van der Waals surface area (Å²) in [5.41, 5.74) is 9.56. The summed E-state index contributed by atoms with van der Waals surface area (Å²) < 4.78 is 7.72. The Balaban J connectivity index is 1.75. The topological polar surface area (TPSA) is 57.0 Å². The fourth-order valence-corrected chi connectivity index (χ4v) is 2.46. The molecule has 4 heteroatoms. The third-order valence-electron chi connectivity index (χ3n) is 3.69. The molecule has 1 atom stereocenters. The number of furan rings is 1. The van der Waals surface area contributed by atoms with Gasteiger partial charge in [0.2, 0.25) is 0 Å². The van der Waals surface area contributed by atoms with Gasteiger partial charge >= 0.3 is 0 Å². The average molecular weight is 269 g/mol. The van der Waals surface area contributed by atoms with Gasteiger partial charge < -0.3 is 10.2 Å². The van der Waals surface area contributed by atoms with Crippen LogP contribution in [0.2, 0.25) is 0 Å². The van der Waals surface area contributed by atoms with Crippen molar-refractivity contribution in [1.29, 1.82) is 0 Å². The molecule has 0 radical (unpaired) electrons. The highest BCUT2D eigenvalue weighted by Gasteiger charge is 2.13. The van der Waals surface area contributed by atoms with Crippen molar-refractivity contribution in [3.63, 3.8) is 0 Å². The predicted molar refractivity (Wildman–Crippen MR) is 79.4 cm³/mol. The molecule has 0 fully saturated rings. The summed E-state index contributed by atoms with van der Waals surface area (Å²) in [6.45, 7) is 2.08. The highest BCUT2D eigenvalue weighted by molar-refractivity contribution is 5.78. The molecule has 0 amide bonds. The minimum atomic E-state index is -0.0855. The van der Waals surface area contributed by atoms with E-state index in [0.29, 0.717) is 0 Å². The number of fused-ring (bicyclic) bond motifs is 1. The largest absolute Gasteiger partial charge is 0.459 e. The van der Waals surface area contributed by atoms with Gasteiger partial charge in [-0.15, -0.1) is 0 Å². The van der Waals surface area contributed by atoms with Crippen molar-refractivity contribution in [3.05, 3.63) is 53.5 Å². The van der Waals surface area contributed by atoms with Crippen LogP contribution in [0, 0.1) is 6.92 Å². The normalized spacial score (nSPS) is 12.9. The zero-order chi connectivity index (χ0) is 14.1. The third kappa shape index (κ3) is 2.47. The summed E-state index contributed by atoms with van der Waals surface area (Å²) in [4.78, 5) is 0. The monoisotopic (exact) mass is 269 g/mol. The first-order valence-corrected chi connectivity index (χ1v) is 6.86. The van der Waals surface area contributed by atoms with Gasteiger partial charge in [-0.2, -0.15) is 5.10 Å². The summed E-state index contributed by atoms with van der Waals surface area (Å²) in [5.74, 6) is 0.854. The molecule has 0 aliphatic carbocycles. The van der Waals surface area contributed by atoms with Crippen LogP contribution in [0.25, 0.3) is 11.0 Å². The van der Waals surface area contributed by atoms with E-state index < -0.39 is 0 Å². The van der Waals surface area contributed by atoms with Gasteiger partial charge in [0.15, 0.2) is 0 Å². The van der Waals surface area contributed by atoms with E-state index in [0.717, 1.165) is 29.6 Å². The van der Waals surface area contributed by atoms with Gasteiger partial charge in [0.25, 0.3) is 0 Å². The van der Waals surface area contributed by atoms with E-state index in [1.807, 2.05) is 30.1 Å². The fraction of sp³-hybridized carbons (Fsp3) is 0.312. The van der Waals surface area contributed by atoms with E-state index in [2.05, 4.69) is 30.2 Å². The standard InChI is InChI=1S/C16H19N3O/c1-11-3-6-15-12(9-11)10-16(20-15)14(17)5-4-13-7-8-18-19(13)2/h3,6-10,14H,4-5,17H2,1-2H3. The van der Waals surface area contributed by atoms with Crippen LogP contribution in [-0.2, 0) is 13.5 Å². The maximum atomic E-state index is 6.24. The van der Waals surface area contributed by atoms with E-state index in [-0.39, 0.29) is 6.04 Å². The number of benzene rings is 1. The van der Waals surface area contributed by atoms with Gasteiger partial charge in [0.1, 0.15) is 11.3 Å². The molecule has 2 heterocycles. The lowest BCUT2D eigenvalue weighted by atomic mass is 10.1. The Kier molecular flexibility index (Phi) is 3.32. The molecule has 0 saturated heterocycles. The number of hydrogen-bond acceptors (Lipinski definition) is 3. The molecule has 1 aromatic carbocycles. The Bertz CT molecular complexity index is 726. The van der Waals surface area contributed by atoms with Gasteiger partial charge in [-0.25, -0.2) is 0 Å². The SMILES string of the molecule is Cc1ccc2oc(C(N)CCc3ccnn3C)cc2c1. The van der Waals surface area contributed by atoms with E-state index >= 15 is 0 Å². The van der Waals surface area contributed by atoms with Gasteiger partial charge in [-0.3, -0.25) is 4.68 Å². The summed E-state index contributed by atoms with van der Waals surface area (Å²) in [6, 6.07) is 10.2. The van der Waals surface area contributed by atoms with E-state index in [1.165, 1.54) is 11.3 Å². The zero-order valence-electron chi connectivity index (χ0n) is 11.8. The molecule has 3 rings (SSSR count). The number of nitrogens with zero attached hydrogens (tertiary/aromatic N) is 2. The van der Waals surface area contributed by atoms with Crippen molar-refractivity contribution < 1.29 is 4.42 Å². The lowest BCUT2D eigenvalue weighted by Crippen LogP contribution is -2.11. The Morgan fingerprint density at radius 2 is 2.15 bits per heavy atom. The Hall–Kier alpha value is -2.07. The first kappa shape index (κ1) is 12.9. The van der Waals surface area contributed by atoms with Crippen LogP contribution in [0.3, 0.4) is 0 Å². The lowest BCUT2D eigenvalue weighted by Gasteiger charge is -2.08. The van der Waals surface area contributed by atoms with Crippen molar-refractivity contribution >= 4 is 11.0 Å². The Morgan fingerprint density at radius 1 is 1.30 bits per heavy atom. The number of nitrogens with two attached hydrogens (primary N) is 1. The molecule has 20 heavy (non-hydrogen) atoms. The molecule has 0 aliphatic rings. The van der Waals surface area contributed by atoms with Crippen molar-refractivity contribution in [2.75, 3.05) is 0 Å². The maximum Gasteiger partial charge on any atom is 0.134 e. The minimum absolute atomic E-state index is 0.0855. The summed E-state index contributed by atoms with van der Waals surface area (Å²) in [6.07, 6.45) is 3.55. The van der Waals surface area contributed by atoms with Gasteiger partial charge in [0.05, 0.1) is 6.04 Å². The van der Waals surface area contributed by atoms with Crippen LogP contribution in [0.1, 0.15) is 29.5 Å². The molecule has 0 aliphatic heterocycles. The van der Waals surface area contributed by atoms with Crippen LogP contribution in [0.15, 0.2) is 40.9 Å². The molecule has 0 spiro atoms. The quantitative estimate of drug-likeness (QED) is 0.791. The summed E-state index contributed by atoms with van der Waals surface area (Å²) in [5, 5.41) is 5.29. The van der Waals surface area contributed by atoms with Crippen LogP contribution in [-0.4, -0.2) is 9.78 Å². The van der Waals surface area contributed by atoms with Gasteiger partial charge in [-0.1, -0.05) is 11.6 Å². The molecule has 4 nitrogen and oxygen atoms in total. The molecule has 1 unspecified atom stereocenters. The van der Waals surface area contributed by atoms with Crippen molar-refractivity contribution in [2.45, 2.75) is 25.8 Å². The van der Waals surface area contributed by atoms with Gasteiger partial charge in [0, 0.05) is 24.3 Å². The van der Waals surface area contributed by atoms with Crippen molar-refractivity contribution in [3.8, 4) is 0 Å². The zero-order valence-corrected chi connectivity index (χ0v) is 11.8. The molecule has 0 saturated carbocycles. The number of aromatic nitrogens is 2. The highest BCUT2D eigenvalue weighted by atomic mass is 16.3. The molecule has 0 bridgehead atoms. The predicted octanol–water partition coefficient (Wildman–Crippen LogP) is 3.11. The molecular weight excluding hydrogens is 250 g/mol. The van der Waals surface area contributed by atoms with Gasteiger partial charge in [-0.05, 0) is 44.0 Å². The molecule has 2 N–H and O–H groups in total. The van der Waals surface area contributed by atoms with Crippen LogP contribution < -0.4 is 5.73 Å². The first-order valence-electron chi connectivity index (χ1n) is 6.86. The number of rotatable bonds is 4. The van der Waals surface area contributed by atoms with E-state index in [9.17, 15) is 0 Å². The van der Waals surface area contributed by atoms with Crippen molar-refractivity contribution in [2.24, 2.45) is 12.8 Å².